The predicted octanol–water partition coefficient (Wildman–Crippen LogP) is 5.47. The van der Waals surface area contributed by atoms with Crippen LogP contribution in [0, 0.1) is 0 Å². The maximum absolute atomic E-state index is 13.5. The third-order valence-electron chi connectivity index (χ3n) is 4.42. The number of hydrogen-bond donors (Lipinski definition) is 1. The minimum absolute atomic E-state index is 0. The number of benzene rings is 1. The van der Waals surface area contributed by atoms with Gasteiger partial charge in [-0.3, -0.25) is 4.90 Å². The van der Waals surface area contributed by atoms with Crippen LogP contribution in [0.1, 0.15) is 42.9 Å². The number of piperazine rings is 1. The minimum Gasteiger partial charge on any atom is -0.314 e. The monoisotopic (exact) mass is 396 g/mol. The van der Waals surface area contributed by atoms with Gasteiger partial charge in [0.1, 0.15) is 0 Å². The Morgan fingerprint density at radius 1 is 1.24 bits per heavy atom. The van der Waals surface area contributed by atoms with E-state index in [-0.39, 0.29) is 29.0 Å². The van der Waals surface area contributed by atoms with Gasteiger partial charge in [-0.05, 0) is 31.4 Å². The third kappa shape index (κ3) is 6.17. The molecule has 1 atom stereocenters. The molecule has 0 aliphatic carbocycles. The van der Waals surface area contributed by atoms with Crippen LogP contribution in [0.15, 0.2) is 30.9 Å². The second-order valence-corrected chi connectivity index (χ2v) is 6.48. The molecule has 2 nitrogen and oxygen atoms in total. The number of nitrogens with one attached hydrogen (secondary N) is 1. The van der Waals surface area contributed by atoms with Crippen molar-refractivity contribution in [3.8, 4) is 0 Å². The molecule has 25 heavy (non-hydrogen) atoms. The molecule has 0 unspecified atom stereocenters. The molecule has 1 aromatic rings. The molecule has 0 bridgehead atoms. The number of hydrogen-bond acceptors (Lipinski definition) is 2. The lowest BCUT2D eigenvalue weighted by molar-refractivity contribution is -0.138. The first-order chi connectivity index (χ1) is 11.4. The topological polar surface area (TPSA) is 15.3 Å². The SMILES string of the molecule is C=CCCCC[C@@H](c1c(Cl)cccc1C(F)(F)F)N1CCNCC1.Cl. The van der Waals surface area contributed by atoms with Crippen molar-refractivity contribution in [1.82, 2.24) is 10.2 Å². The summed E-state index contributed by atoms with van der Waals surface area (Å²) in [4.78, 5) is 2.13. The van der Waals surface area contributed by atoms with Crippen LogP contribution in [0.2, 0.25) is 5.02 Å². The summed E-state index contributed by atoms with van der Waals surface area (Å²) in [6.45, 7) is 6.73. The van der Waals surface area contributed by atoms with E-state index in [2.05, 4.69) is 16.8 Å². The van der Waals surface area contributed by atoms with Gasteiger partial charge < -0.3 is 5.32 Å². The molecule has 1 N–H and O–H groups in total. The first-order valence-corrected chi connectivity index (χ1v) is 8.74. The van der Waals surface area contributed by atoms with Crippen molar-refractivity contribution in [3.05, 3.63) is 47.0 Å². The Kier molecular flexibility index (Phi) is 9.28. The zero-order valence-corrected chi connectivity index (χ0v) is 15.7. The highest BCUT2D eigenvalue weighted by atomic mass is 35.5. The smallest absolute Gasteiger partial charge is 0.314 e. The normalized spacial score (nSPS) is 17.0. The largest absolute Gasteiger partial charge is 0.416 e. The summed E-state index contributed by atoms with van der Waals surface area (Å²) in [5.41, 5.74) is -0.380. The van der Waals surface area contributed by atoms with Crippen molar-refractivity contribution >= 4 is 24.0 Å². The van der Waals surface area contributed by atoms with E-state index in [0.717, 1.165) is 51.5 Å². The van der Waals surface area contributed by atoms with Crippen LogP contribution in [0.25, 0.3) is 0 Å². The van der Waals surface area contributed by atoms with Crippen LogP contribution in [0.3, 0.4) is 0 Å². The molecular weight excluding hydrogens is 372 g/mol. The van der Waals surface area contributed by atoms with Crippen molar-refractivity contribution in [2.45, 2.75) is 37.9 Å². The van der Waals surface area contributed by atoms with Gasteiger partial charge in [-0.25, -0.2) is 0 Å². The Morgan fingerprint density at radius 3 is 2.52 bits per heavy atom. The van der Waals surface area contributed by atoms with E-state index in [1.807, 2.05) is 6.08 Å². The summed E-state index contributed by atoms with van der Waals surface area (Å²) in [6, 6.07) is 3.77. The Bertz CT molecular complexity index is 544. The van der Waals surface area contributed by atoms with E-state index in [9.17, 15) is 13.2 Å². The number of nitrogens with zero attached hydrogens (tertiary/aromatic N) is 1. The summed E-state index contributed by atoms with van der Waals surface area (Å²) in [6.07, 6.45) is 0.773. The zero-order chi connectivity index (χ0) is 17.6. The lowest BCUT2D eigenvalue weighted by Gasteiger charge is -2.37. The fraction of sp³-hybridized carbons (Fsp3) is 0.556. The number of rotatable bonds is 7. The van der Waals surface area contributed by atoms with Gasteiger partial charge in [-0.1, -0.05) is 30.2 Å². The number of unbranched alkanes of at least 4 members (excludes halogenated alkanes) is 2. The van der Waals surface area contributed by atoms with Crippen molar-refractivity contribution in [2.24, 2.45) is 0 Å². The fourth-order valence-corrected chi connectivity index (χ4v) is 3.55. The summed E-state index contributed by atoms with van der Waals surface area (Å²) < 4.78 is 40.5. The molecule has 0 amide bonds. The van der Waals surface area contributed by atoms with Gasteiger partial charge in [0.2, 0.25) is 0 Å². The molecule has 0 radical (unpaired) electrons. The second-order valence-electron chi connectivity index (χ2n) is 6.07. The lowest BCUT2D eigenvalue weighted by atomic mass is 9.93. The Morgan fingerprint density at radius 2 is 1.92 bits per heavy atom. The first-order valence-electron chi connectivity index (χ1n) is 8.36. The maximum Gasteiger partial charge on any atom is 0.416 e. The lowest BCUT2D eigenvalue weighted by Crippen LogP contribution is -2.45. The molecule has 1 fully saturated rings. The van der Waals surface area contributed by atoms with Gasteiger partial charge in [-0.2, -0.15) is 13.2 Å². The molecule has 1 aliphatic rings. The molecule has 0 saturated carbocycles. The van der Waals surface area contributed by atoms with E-state index < -0.39 is 11.7 Å². The van der Waals surface area contributed by atoms with Crippen LogP contribution in [0.5, 0.6) is 0 Å². The highest BCUT2D eigenvalue weighted by Gasteiger charge is 2.37. The van der Waals surface area contributed by atoms with Crippen LogP contribution in [-0.4, -0.2) is 31.1 Å². The molecule has 0 spiro atoms. The Labute approximate surface area is 158 Å². The predicted molar refractivity (Wildman–Crippen MR) is 99.6 cm³/mol. The quantitative estimate of drug-likeness (QED) is 0.485. The van der Waals surface area contributed by atoms with E-state index in [4.69, 9.17) is 11.6 Å². The van der Waals surface area contributed by atoms with Gasteiger partial charge in [0.25, 0.3) is 0 Å². The Balaban J connectivity index is 0.00000312. The fourth-order valence-electron chi connectivity index (χ4n) is 3.25. The molecule has 1 aromatic carbocycles. The first kappa shape index (κ1) is 22.3. The van der Waals surface area contributed by atoms with E-state index >= 15 is 0 Å². The van der Waals surface area contributed by atoms with E-state index in [1.165, 1.54) is 6.07 Å². The minimum atomic E-state index is -4.40. The summed E-state index contributed by atoms with van der Waals surface area (Å²) >= 11 is 6.23. The highest BCUT2D eigenvalue weighted by Crippen LogP contribution is 2.41. The summed E-state index contributed by atoms with van der Waals surface area (Å²) in [5.74, 6) is 0. The Hall–Kier alpha value is -0.750. The molecule has 1 heterocycles. The van der Waals surface area contributed by atoms with Gasteiger partial charge in [-0.15, -0.1) is 19.0 Å². The molecule has 7 heteroatoms. The highest BCUT2D eigenvalue weighted by molar-refractivity contribution is 6.31. The molecule has 1 saturated heterocycles. The number of alkyl halides is 3. The van der Waals surface area contributed by atoms with Crippen LogP contribution >= 0.6 is 24.0 Å². The van der Waals surface area contributed by atoms with Crippen LogP contribution in [-0.2, 0) is 6.18 Å². The van der Waals surface area contributed by atoms with Crippen LogP contribution in [0.4, 0.5) is 13.2 Å². The van der Waals surface area contributed by atoms with E-state index in [1.54, 1.807) is 6.07 Å². The average molecular weight is 397 g/mol. The second kappa shape index (κ2) is 10.4. The third-order valence-corrected chi connectivity index (χ3v) is 4.75. The molecular formula is C18H25Cl2F3N2. The average Bonchev–Trinajstić information content (AvgIpc) is 2.55. The van der Waals surface area contributed by atoms with Crippen molar-refractivity contribution in [1.29, 1.82) is 0 Å². The van der Waals surface area contributed by atoms with Gasteiger partial charge in [0, 0.05) is 42.8 Å². The van der Waals surface area contributed by atoms with Crippen molar-refractivity contribution in [3.63, 3.8) is 0 Å². The van der Waals surface area contributed by atoms with E-state index in [0.29, 0.717) is 6.42 Å². The standard InChI is InChI=1S/C18H24ClF3N2.ClH/c1-2-3-4-5-9-16(24-12-10-23-11-13-24)17-14(18(20,21)22)7-6-8-15(17)19;/h2,6-8,16,23H,1,3-5,9-13H2;1H/t16-;/m0./s1. The zero-order valence-electron chi connectivity index (χ0n) is 14.1. The van der Waals surface area contributed by atoms with Gasteiger partial charge >= 0.3 is 6.18 Å². The molecule has 0 aromatic heterocycles. The van der Waals surface area contributed by atoms with Crippen LogP contribution < -0.4 is 5.32 Å². The van der Waals surface area contributed by atoms with Crippen molar-refractivity contribution in [2.75, 3.05) is 26.2 Å². The maximum atomic E-state index is 13.5. The number of halogens is 5. The molecule has 1 aliphatic heterocycles. The molecule has 2 rings (SSSR count). The van der Waals surface area contributed by atoms with Crippen molar-refractivity contribution < 1.29 is 13.2 Å². The van der Waals surface area contributed by atoms with Gasteiger partial charge in [0.15, 0.2) is 0 Å². The van der Waals surface area contributed by atoms with Gasteiger partial charge in [0.05, 0.1) is 5.56 Å². The summed E-state index contributed by atoms with van der Waals surface area (Å²) in [7, 11) is 0. The molecule has 142 valence electrons. The number of allylic oxidation sites excluding steroid dienone is 1. The summed E-state index contributed by atoms with van der Waals surface area (Å²) in [5, 5.41) is 3.45.